The second-order valence-electron chi connectivity index (χ2n) is 2.96. The highest BCUT2D eigenvalue weighted by Crippen LogP contribution is 2.22. The van der Waals surface area contributed by atoms with Crippen LogP contribution in [0, 0.1) is 17.5 Å². The maximum atomic E-state index is 13.3. The monoisotopic (exact) mass is 209 g/mol. The van der Waals surface area contributed by atoms with Crippen molar-refractivity contribution in [1.82, 2.24) is 4.98 Å². The van der Waals surface area contributed by atoms with E-state index >= 15 is 0 Å². The number of hydrogen-bond donors (Lipinski definition) is 0. The van der Waals surface area contributed by atoms with Crippen LogP contribution in [0.25, 0.3) is 11.3 Å². The Bertz CT molecular complexity index is 497. The molecule has 0 aliphatic rings. The molecule has 0 unspecified atom stereocenters. The van der Waals surface area contributed by atoms with E-state index in [0.717, 1.165) is 18.2 Å². The molecule has 76 valence electrons. The molecule has 1 aromatic heterocycles. The van der Waals surface area contributed by atoms with Gasteiger partial charge in [-0.15, -0.1) is 0 Å². The fourth-order valence-electron chi connectivity index (χ4n) is 1.25. The summed E-state index contributed by atoms with van der Waals surface area (Å²) < 4.78 is 39.0. The maximum Gasteiger partial charge on any atom is 0.168 e. The molecule has 0 aliphatic carbocycles. The minimum Gasteiger partial charge on any atom is -0.256 e. The van der Waals surface area contributed by atoms with Gasteiger partial charge in [-0.25, -0.2) is 13.2 Å². The van der Waals surface area contributed by atoms with Crippen LogP contribution in [0.1, 0.15) is 0 Å². The predicted octanol–water partition coefficient (Wildman–Crippen LogP) is 3.17. The molecule has 0 radical (unpaired) electrons. The minimum atomic E-state index is -1.02. The maximum absolute atomic E-state index is 13.3. The van der Waals surface area contributed by atoms with Crippen LogP contribution >= 0.6 is 0 Å². The molecule has 1 aromatic carbocycles. The Morgan fingerprint density at radius 3 is 2.53 bits per heavy atom. The lowest BCUT2D eigenvalue weighted by atomic mass is 10.1. The first-order chi connectivity index (χ1) is 7.18. The molecule has 2 rings (SSSR count). The van der Waals surface area contributed by atoms with Gasteiger partial charge in [-0.05, 0) is 18.2 Å². The lowest BCUT2D eigenvalue weighted by molar-refractivity contribution is 0.511. The van der Waals surface area contributed by atoms with Gasteiger partial charge in [0.15, 0.2) is 11.6 Å². The van der Waals surface area contributed by atoms with Crippen LogP contribution in [0.2, 0.25) is 0 Å². The van der Waals surface area contributed by atoms with E-state index in [9.17, 15) is 13.2 Å². The molecule has 0 saturated carbocycles. The smallest absolute Gasteiger partial charge is 0.168 e. The molecule has 4 heteroatoms. The molecule has 0 aliphatic heterocycles. The van der Waals surface area contributed by atoms with Crippen molar-refractivity contribution in [2.45, 2.75) is 0 Å². The first-order valence-electron chi connectivity index (χ1n) is 4.24. The van der Waals surface area contributed by atoms with Crippen LogP contribution in [0.4, 0.5) is 13.2 Å². The van der Waals surface area contributed by atoms with Gasteiger partial charge in [-0.1, -0.05) is 6.07 Å². The third-order valence-corrected chi connectivity index (χ3v) is 1.95. The molecule has 0 bridgehead atoms. The molecule has 0 saturated heterocycles. The van der Waals surface area contributed by atoms with Gasteiger partial charge < -0.3 is 0 Å². The first kappa shape index (κ1) is 9.71. The summed E-state index contributed by atoms with van der Waals surface area (Å²) in [7, 11) is 0. The SMILES string of the molecule is Fc1ccnc(-c2cccc(F)c2F)c1. The summed E-state index contributed by atoms with van der Waals surface area (Å²) in [5.41, 5.74) is 0.0292. The van der Waals surface area contributed by atoms with E-state index in [-0.39, 0.29) is 11.3 Å². The van der Waals surface area contributed by atoms with Crippen LogP contribution in [0.3, 0.4) is 0 Å². The summed E-state index contributed by atoms with van der Waals surface area (Å²) in [5, 5.41) is 0. The average molecular weight is 209 g/mol. The normalized spacial score (nSPS) is 10.3. The lowest BCUT2D eigenvalue weighted by Crippen LogP contribution is -1.91. The van der Waals surface area contributed by atoms with Crippen LogP contribution in [-0.4, -0.2) is 4.98 Å². The van der Waals surface area contributed by atoms with Gasteiger partial charge in [0.2, 0.25) is 0 Å². The highest BCUT2D eigenvalue weighted by molar-refractivity contribution is 5.59. The summed E-state index contributed by atoms with van der Waals surface area (Å²) in [6.45, 7) is 0. The van der Waals surface area contributed by atoms with E-state index in [1.807, 2.05) is 0 Å². The fourth-order valence-corrected chi connectivity index (χ4v) is 1.25. The van der Waals surface area contributed by atoms with Crippen molar-refractivity contribution in [3.63, 3.8) is 0 Å². The van der Waals surface area contributed by atoms with Gasteiger partial charge in [-0.2, -0.15) is 0 Å². The van der Waals surface area contributed by atoms with Crippen molar-refractivity contribution < 1.29 is 13.2 Å². The summed E-state index contributed by atoms with van der Waals surface area (Å²) in [4.78, 5) is 3.77. The van der Waals surface area contributed by atoms with Crippen LogP contribution in [0.5, 0.6) is 0 Å². The van der Waals surface area contributed by atoms with E-state index in [4.69, 9.17) is 0 Å². The first-order valence-corrected chi connectivity index (χ1v) is 4.24. The van der Waals surface area contributed by atoms with E-state index < -0.39 is 17.5 Å². The van der Waals surface area contributed by atoms with Crippen LogP contribution in [-0.2, 0) is 0 Å². The molecule has 0 fully saturated rings. The van der Waals surface area contributed by atoms with Gasteiger partial charge in [0.1, 0.15) is 5.82 Å². The number of pyridine rings is 1. The second-order valence-corrected chi connectivity index (χ2v) is 2.96. The Kier molecular flexibility index (Phi) is 2.41. The van der Waals surface area contributed by atoms with Crippen molar-refractivity contribution >= 4 is 0 Å². The number of benzene rings is 1. The average Bonchev–Trinajstić information content (AvgIpc) is 2.22. The summed E-state index contributed by atoms with van der Waals surface area (Å²) in [5.74, 6) is -2.53. The van der Waals surface area contributed by atoms with Crippen molar-refractivity contribution in [3.05, 3.63) is 54.0 Å². The molecule has 15 heavy (non-hydrogen) atoms. The zero-order valence-electron chi connectivity index (χ0n) is 7.55. The topological polar surface area (TPSA) is 12.9 Å². The summed E-state index contributed by atoms with van der Waals surface area (Å²) >= 11 is 0. The standard InChI is InChI=1S/C11H6F3N/c12-7-4-5-15-10(6-7)8-2-1-3-9(13)11(8)14/h1-6H. The molecular weight excluding hydrogens is 203 g/mol. The highest BCUT2D eigenvalue weighted by Gasteiger charge is 2.10. The van der Waals surface area contributed by atoms with Crippen molar-refractivity contribution in [3.8, 4) is 11.3 Å². The molecule has 2 aromatic rings. The molecule has 0 spiro atoms. The van der Waals surface area contributed by atoms with Crippen LogP contribution in [0.15, 0.2) is 36.5 Å². The van der Waals surface area contributed by atoms with Crippen molar-refractivity contribution in [2.75, 3.05) is 0 Å². The van der Waals surface area contributed by atoms with Gasteiger partial charge >= 0.3 is 0 Å². The van der Waals surface area contributed by atoms with E-state index in [2.05, 4.69) is 4.98 Å². The molecule has 0 amide bonds. The Morgan fingerprint density at radius 1 is 1.00 bits per heavy atom. The van der Waals surface area contributed by atoms with Gasteiger partial charge in [0.25, 0.3) is 0 Å². The predicted molar refractivity (Wildman–Crippen MR) is 49.5 cm³/mol. The van der Waals surface area contributed by atoms with E-state index in [1.165, 1.54) is 18.3 Å². The van der Waals surface area contributed by atoms with Crippen molar-refractivity contribution in [1.29, 1.82) is 0 Å². The van der Waals surface area contributed by atoms with Gasteiger partial charge in [0.05, 0.1) is 5.69 Å². The number of nitrogens with zero attached hydrogens (tertiary/aromatic N) is 1. The third-order valence-electron chi connectivity index (χ3n) is 1.95. The zero-order chi connectivity index (χ0) is 10.8. The van der Waals surface area contributed by atoms with Gasteiger partial charge in [0, 0.05) is 17.8 Å². The molecule has 1 nitrogen and oxygen atoms in total. The summed E-state index contributed by atoms with van der Waals surface area (Å²) in [6, 6.07) is 5.89. The molecule has 0 N–H and O–H groups in total. The number of hydrogen-bond acceptors (Lipinski definition) is 1. The minimum absolute atomic E-state index is 0.0468. The molecule has 1 heterocycles. The quantitative estimate of drug-likeness (QED) is 0.702. The largest absolute Gasteiger partial charge is 0.256 e. The van der Waals surface area contributed by atoms with Gasteiger partial charge in [-0.3, -0.25) is 4.98 Å². The van der Waals surface area contributed by atoms with E-state index in [0.29, 0.717) is 0 Å². The number of aromatic nitrogens is 1. The number of rotatable bonds is 1. The number of halogens is 3. The zero-order valence-corrected chi connectivity index (χ0v) is 7.55. The summed E-state index contributed by atoms with van der Waals surface area (Å²) in [6.07, 6.45) is 1.20. The highest BCUT2D eigenvalue weighted by atomic mass is 19.2. The van der Waals surface area contributed by atoms with Crippen LogP contribution < -0.4 is 0 Å². The molecular formula is C11H6F3N. The molecule has 0 atom stereocenters. The Labute approximate surface area is 84.2 Å². The van der Waals surface area contributed by atoms with E-state index in [1.54, 1.807) is 0 Å². The Hall–Kier alpha value is -1.84. The lowest BCUT2D eigenvalue weighted by Gasteiger charge is -2.02. The Balaban J connectivity index is 2.59. The Morgan fingerprint density at radius 2 is 1.80 bits per heavy atom. The fraction of sp³-hybridized carbons (Fsp3) is 0. The second kappa shape index (κ2) is 3.73. The third kappa shape index (κ3) is 1.83. The van der Waals surface area contributed by atoms with Crippen molar-refractivity contribution in [2.24, 2.45) is 0 Å².